The minimum absolute atomic E-state index is 0.0981. The number of anilines is 1. The van der Waals surface area contributed by atoms with Crippen LogP contribution in [-0.4, -0.2) is 31.0 Å². The van der Waals surface area contributed by atoms with Crippen molar-refractivity contribution < 1.29 is 17.9 Å². The summed E-state index contributed by atoms with van der Waals surface area (Å²) in [5.41, 5.74) is 2.31. The highest BCUT2D eigenvalue weighted by atomic mass is 32.2. The molecule has 1 aliphatic heterocycles. The molecule has 3 aromatic heterocycles. The van der Waals surface area contributed by atoms with Gasteiger partial charge < -0.3 is 9.47 Å². The van der Waals surface area contributed by atoms with Gasteiger partial charge in [0, 0.05) is 12.3 Å². The molecule has 29 heavy (non-hydrogen) atoms. The fourth-order valence-corrected chi connectivity index (χ4v) is 5.00. The van der Waals surface area contributed by atoms with Crippen LogP contribution in [0.4, 0.5) is 5.82 Å². The van der Waals surface area contributed by atoms with Crippen molar-refractivity contribution >= 4 is 32.8 Å². The minimum atomic E-state index is -3.87. The van der Waals surface area contributed by atoms with E-state index >= 15 is 0 Å². The molecule has 0 saturated heterocycles. The van der Waals surface area contributed by atoms with Crippen LogP contribution in [0.25, 0.3) is 16.2 Å². The zero-order valence-electron chi connectivity index (χ0n) is 15.5. The van der Waals surface area contributed by atoms with E-state index in [-0.39, 0.29) is 4.90 Å². The Kier molecular flexibility index (Phi) is 4.21. The predicted molar refractivity (Wildman–Crippen MR) is 111 cm³/mol. The number of ether oxygens (including phenoxy) is 2. The summed E-state index contributed by atoms with van der Waals surface area (Å²) in [4.78, 5) is 5.64. The third-order valence-electron chi connectivity index (χ3n) is 4.59. The molecule has 148 valence electrons. The summed E-state index contributed by atoms with van der Waals surface area (Å²) in [5, 5.41) is 1.93. The Balaban J connectivity index is 1.61. The van der Waals surface area contributed by atoms with Gasteiger partial charge in [0.25, 0.3) is 10.0 Å². The summed E-state index contributed by atoms with van der Waals surface area (Å²) >= 11 is 1.50. The number of nitrogens with one attached hydrogen (secondary N) is 1. The van der Waals surface area contributed by atoms with Crippen molar-refractivity contribution in [2.75, 3.05) is 17.9 Å². The van der Waals surface area contributed by atoms with Crippen LogP contribution in [0.1, 0.15) is 5.56 Å². The molecule has 4 aromatic rings. The van der Waals surface area contributed by atoms with Crippen LogP contribution >= 0.6 is 11.3 Å². The second-order valence-corrected chi connectivity index (χ2v) is 9.26. The Morgan fingerprint density at radius 2 is 1.93 bits per heavy atom. The fraction of sp³-hybridized carbons (Fsp3) is 0.150. The average molecular weight is 428 g/mol. The van der Waals surface area contributed by atoms with Crippen molar-refractivity contribution in [3.63, 3.8) is 0 Å². The van der Waals surface area contributed by atoms with Gasteiger partial charge in [-0.15, -0.1) is 11.3 Å². The van der Waals surface area contributed by atoms with Gasteiger partial charge in [0.2, 0.25) is 0 Å². The molecule has 0 spiro atoms. The molecule has 0 radical (unpaired) electrons. The van der Waals surface area contributed by atoms with E-state index in [2.05, 4.69) is 9.71 Å². The number of hydrogen-bond donors (Lipinski definition) is 1. The zero-order chi connectivity index (χ0) is 20.0. The number of nitrogens with zero attached hydrogens (tertiary/aromatic N) is 2. The Morgan fingerprint density at radius 3 is 2.72 bits per heavy atom. The first-order valence-corrected chi connectivity index (χ1v) is 11.3. The number of thiophene rings is 1. The van der Waals surface area contributed by atoms with Gasteiger partial charge in [-0.05, 0) is 48.2 Å². The van der Waals surface area contributed by atoms with Crippen molar-refractivity contribution in [1.29, 1.82) is 0 Å². The maximum Gasteiger partial charge on any atom is 0.263 e. The number of aromatic nitrogens is 2. The maximum absolute atomic E-state index is 13.2. The molecule has 0 saturated carbocycles. The van der Waals surface area contributed by atoms with E-state index < -0.39 is 10.0 Å². The van der Waals surface area contributed by atoms with Gasteiger partial charge in [-0.1, -0.05) is 6.07 Å². The molecule has 0 bridgehead atoms. The van der Waals surface area contributed by atoms with Gasteiger partial charge in [-0.3, -0.25) is 9.12 Å². The van der Waals surface area contributed by atoms with Crippen LogP contribution < -0.4 is 14.2 Å². The molecule has 4 heterocycles. The molecule has 0 aliphatic carbocycles. The normalized spacial score (nSPS) is 13.6. The summed E-state index contributed by atoms with van der Waals surface area (Å²) < 4.78 is 41.8. The Morgan fingerprint density at radius 1 is 1.10 bits per heavy atom. The van der Waals surface area contributed by atoms with Gasteiger partial charge in [-0.25, -0.2) is 13.4 Å². The highest BCUT2D eigenvalue weighted by Crippen LogP contribution is 2.35. The standard InChI is InChI=1S/C20H17N3O4S2/c1-13-6-7-23-18(11-13)21-19(17-3-2-10-28-17)20(23)22-29(24,25)14-4-5-15-16(12-14)27-9-8-26-15/h2-7,10-12,22H,8-9H2,1H3. The molecule has 0 atom stereocenters. The van der Waals surface area contributed by atoms with Gasteiger partial charge in [-0.2, -0.15) is 0 Å². The van der Waals surface area contributed by atoms with E-state index in [1.54, 1.807) is 10.5 Å². The molecule has 7 nitrogen and oxygen atoms in total. The van der Waals surface area contributed by atoms with Crippen molar-refractivity contribution in [1.82, 2.24) is 9.38 Å². The molecular weight excluding hydrogens is 410 g/mol. The molecule has 1 N–H and O–H groups in total. The van der Waals surface area contributed by atoms with E-state index in [1.807, 2.05) is 42.8 Å². The number of pyridine rings is 1. The number of sulfonamides is 1. The Bertz CT molecular complexity index is 1310. The van der Waals surface area contributed by atoms with Gasteiger partial charge in [0.05, 0.1) is 9.77 Å². The highest BCUT2D eigenvalue weighted by Gasteiger charge is 2.24. The van der Waals surface area contributed by atoms with Crippen LogP contribution in [0.2, 0.25) is 0 Å². The van der Waals surface area contributed by atoms with Crippen LogP contribution in [-0.2, 0) is 10.0 Å². The SMILES string of the molecule is Cc1ccn2c(NS(=O)(=O)c3ccc4c(c3)OCCO4)c(-c3cccs3)nc2c1. The largest absolute Gasteiger partial charge is 0.486 e. The number of aryl methyl sites for hydroxylation is 1. The van der Waals surface area contributed by atoms with Gasteiger partial charge in [0.15, 0.2) is 17.3 Å². The quantitative estimate of drug-likeness (QED) is 0.533. The van der Waals surface area contributed by atoms with E-state index in [1.165, 1.54) is 23.5 Å². The van der Waals surface area contributed by atoms with Gasteiger partial charge >= 0.3 is 0 Å². The van der Waals surface area contributed by atoms with E-state index in [0.717, 1.165) is 10.4 Å². The number of rotatable bonds is 4. The molecule has 0 unspecified atom stereocenters. The Hall–Kier alpha value is -3.04. The average Bonchev–Trinajstić information content (AvgIpc) is 3.35. The van der Waals surface area contributed by atoms with Crippen LogP contribution in [0.5, 0.6) is 11.5 Å². The summed E-state index contributed by atoms with van der Waals surface area (Å²) in [6, 6.07) is 12.3. The number of benzene rings is 1. The van der Waals surface area contributed by atoms with E-state index in [0.29, 0.717) is 41.9 Å². The number of hydrogen-bond acceptors (Lipinski definition) is 6. The van der Waals surface area contributed by atoms with Crippen molar-refractivity contribution in [2.45, 2.75) is 11.8 Å². The summed E-state index contributed by atoms with van der Waals surface area (Å²) in [6.07, 6.45) is 1.82. The molecule has 9 heteroatoms. The number of imidazole rings is 1. The Labute approximate surface area is 171 Å². The molecule has 0 fully saturated rings. The molecule has 0 amide bonds. The first kappa shape index (κ1) is 18.0. The van der Waals surface area contributed by atoms with Crippen molar-refractivity contribution in [3.8, 4) is 22.1 Å². The third kappa shape index (κ3) is 3.22. The molecule has 1 aliphatic rings. The second kappa shape index (κ2) is 6.78. The fourth-order valence-electron chi connectivity index (χ4n) is 3.21. The van der Waals surface area contributed by atoms with Crippen LogP contribution in [0, 0.1) is 6.92 Å². The summed E-state index contributed by atoms with van der Waals surface area (Å²) in [7, 11) is -3.87. The van der Waals surface area contributed by atoms with Crippen LogP contribution in [0.15, 0.2) is 58.9 Å². The van der Waals surface area contributed by atoms with Crippen molar-refractivity contribution in [2.24, 2.45) is 0 Å². The van der Waals surface area contributed by atoms with Crippen molar-refractivity contribution in [3.05, 3.63) is 59.6 Å². The van der Waals surface area contributed by atoms with Crippen LogP contribution in [0.3, 0.4) is 0 Å². The second-order valence-electron chi connectivity index (χ2n) is 6.63. The first-order chi connectivity index (χ1) is 14.0. The topological polar surface area (TPSA) is 81.9 Å². The predicted octanol–water partition coefficient (Wildman–Crippen LogP) is 3.94. The van der Waals surface area contributed by atoms with Gasteiger partial charge in [0.1, 0.15) is 24.6 Å². The highest BCUT2D eigenvalue weighted by molar-refractivity contribution is 7.92. The lowest BCUT2D eigenvalue weighted by atomic mass is 10.3. The molecule has 5 rings (SSSR count). The lowest BCUT2D eigenvalue weighted by Gasteiger charge is -2.19. The third-order valence-corrected chi connectivity index (χ3v) is 6.80. The van der Waals surface area contributed by atoms with E-state index in [4.69, 9.17) is 9.47 Å². The summed E-state index contributed by atoms with van der Waals surface area (Å²) in [6.45, 7) is 2.81. The van der Waals surface area contributed by atoms with E-state index in [9.17, 15) is 8.42 Å². The molecule has 1 aromatic carbocycles. The first-order valence-electron chi connectivity index (χ1n) is 8.96. The lowest BCUT2D eigenvalue weighted by molar-refractivity contribution is 0.171. The lowest BCUT2D eigenvalue weighted by Crippen LogP contribution is -2.18. The minimum Gasteiger partial charge on any atom is -0.486 e. The number of fused-ring (bicyclic) bond motifs is 2. The maximum atomic E-state index is 13.2. The molecular formula is C20H17N3O4S2. The smallest absolute Gasteiger partial charge is 0.263 e. The zero-order valence-corrected chi connectivity index (χ0v) is 17.1. The summed E-state index contributed by atoms with van der Waals surface area (Å²) in [5.74, 6) is 1.36. The monoisotopic (exact) mass is 427 g/mol.